The molecule has 6 atom stereocenters. The largest absolute Gasteiger partial charge is 0.370 e. The van der Waals surface area contributed by atoms with Gasteiger partial charge in [0.25, 0.3) is 0 Å². The molecular formula is C59H92N12O7. The minimum Gasteiger partial charge on any atom is -0.370 e. The monoisotopic (exact) mass is 1080 g/mol. The van der Waals surface area contributed by atoms with E-state index in [2.05, 4.69) is 47.2 Å². The van der Waals surface area contributed by atoms with Crippen molar-refractivity contribution in [3.63, 3.8) is 0 Å². The average Bonchev–Trinajstić information content (AvgIpc) is 4.00. The molecular weight excluding hydrogens is 989 g/mol. The molecule has 6 amide bonds. The van der Waals surface area contributed by atoms with Crippen LogP contribution in [0.5, 0.6) is 0 Å². The van der Waals surface area contributed by atoms with Crippen molar-refractivity contribution in [1.82, 2.24) is 47.2 Å². The molecule has 78 heavy (non-hydrogen) atoms. The molecule has 2 aromatic heterocycles. The number of fused-ring (bicyclic) bond motifs is 2. The number of Topliss-reactive ketones (excluding diaryl/α,β-unsaturated/α-hetero) is 1. The van der Waals surface area contributed by atoms with Gasteiger partial charge in [0.1, 0.15) is 5.78 Å². The Morgan fingerprint density at radius 2 is 0.897 bits per heavy atom. The lowest BCUT2D eigenvalue weighted by Crippen LogP contribution is -2.43. The smallest absolute Gasteiger partial charge is 0.220 e. The third-order valence-electron chi connectivity index (χ3n) is 14.5. The van der Waals surface area contributed by atoms with Crippen LogP contribution in [0, 0.1) is 17.2 Å². The van der Waals surface area contributed by atoms with Crippen LogP contribution in [0.4, 0.5) is 0 Å². The molecule has 0 aliphatic rings. The van der Waals surface area contributed by atoms with E-state index in [9.17, 15) is 33.6 Å². The van der Waals surface area contributed by atoms with E-state index in [1.165, 1.54) is 6.92 Å². The number of hydrogen-bond donors (Lipinski definition) is 12. The number of nitrogens with two attached hydrogens (primary N) is 2. The van der Waals surface area contributed by atoms with E-state index in [1.54, 1.807) is 6.92 Å². The van der Waals surface area contributed by atoms with Gasteiger partial charge in [-0.1, -0.05) is 70.5 Å². The lowest BCUT2D eigenvalue weighted by atomic mass is 9.97. The number of nitrogens with one attached hydrogen (secondary N) is 10. The molecule has 430 valence electrons. The molecule has 14 N–H and O–H groups in total. The Balaban J connectivity index is 1.35. The number of amides is 6. The molecule has 4 aromatic rings. The highest BCUT2D eigenvalue weighted by Gasteiger charge is 2.25. The van der Waals surface area contributed by atoms with Gasteiger partial charge in [-0.3, -0.25) is 34.2 Å². The zero-order chi connectivity index (χ0) is 57.0. The molecule has 0 saturated carbocycles. The summed E-state index contributed by atoms with van der Waals surface area (Å²) in [7, 11) is 0. The number of aromatic amines is 2. The number of rotatable bonds is 38. The summed E-state index contributed by atoms with van der Waals surface area (Å²) in [5, 5.41) is 31.2. The Morgan fingerprint density at radius 1 is 0.500 bits per heavy atom. The van der Waals surface area contributed by atoms with E-state index in [4.69, 9.17) is 16.9 Å². The number of ketones is 1. The fraction of sp³-hybridized carbons (Fsp3) is 0.593. The number of H-pyrrole nitrogens is 2. The topological polar surface area (TPSA) is 311 Å². The SMILES string of the molecule is CC(=O)CC[C@H](Cc1c[nH]c2ccccc12)NC(=O)CC[C@H](CCCNC(=N)N)NC(=O)CCC(NC(=O)CC[C@H](Cc1c[nH]c2ccccc12)NC(=O)CC[C@H](CCCCN)NC(=O)CC[C@@H](NC(C)=O)C(C)C)C(C)C. The molecule has 19 nitrogen and oxygen atoms in total. The maximum Gasteiger partial charge on any atom is 0.220 e. The highest BCUT2D eigenvalue weighted by atomic mass is 16.2. The highest BCUT2D eigenvalue weighted by Crippen LogP contribution is 2.23. The molecule has 0 bridgehead atoms. The summed E-state index contributed by atoms with van der Waals surface area (Å²) >= 11 is 0. The number of benzene rings is 2. The van der Waals surface area contributed by atoms with E-state index in [0.29, 0.717) is 90.1 Å². The number of carbonyl (C=O) groups excluding carboxylic acids is 7. The van der Waals surface area contributed by atoms with Crippen molar-refractivity contribution in [2.24, 2.45) is 23.3 Å². The van der Waals surface area contributed by atoms with Crippen molar-refractivity contribution in [2.75, 3.05) is 13.1 Å². The van der Waals surface area contributed by atoms with Crippen molar-refractivity contribution in [2.45, 2.75) is 200 Å². The van der Waals surface area contributed by atoms with Gasteiger partial charge in [-0.25, -0.2) is 0 Å². The van der Waals surface area contributed by atoms with Crippen molar-refractivity contribution in [1.29, 1.82) is 5.41 Å². The molecule has 0 aliphatic carbocycles. The third-order valence-corrected chi connectivity index (χ3v) is 14.5. The molecule has 2 aromatic carbocycles. The number of unbranched alkanes of at least 4 members (excludes halogenated alkanes) is 1. The van der Waals surface area contributed by atoms with Gasteiger partial charge in [-0.2, -0.15) is 0 Å². The summed E-state index contributed by atoms with van der Waals surface area (Å²) in [4.78, 5) is 98.2. The summed E-state index contributed by atoms with van der Waals surface area (Å²) in [6.45, 7) is 12.0. The Kier molecular flexibility index (Phi) is 28.0. The Morgan fingerprint density at radius 3 is 1.33 bits per heavy atom. The molecule has 0 fully saturated rings. The number of aromatic nitrogens is 2. The summed E-state index contributed by atoms with van der Waals surface area (Å²) in [5.41, 5.74) is 15.3. The molecule has 0 aliphatic heterocycles. The second-order valence-electron chi connectivity index (χ2n) is 21.9. The summed E-state index contributed by atoms with van der Waals surface area (Å²) < 4.78 is 0. The Labute approximate surface area is 461 Å². The minimum absolute atomic E-state index is 0.00737. The molecule has 1 unspecified atom stereocenters. The van der Waals surface area contributed by atoms with Gasteiger partial charge in [-0.05, 0) is 126 Å². The van der Waals surface area contributed by atoms with Crippen LogP contribution >= 0.6 is 0 Å². The number of para-hydroxylation sites is 2. The van der Waals surface area contributed by atoms with Crippen LogP contribution < -0.4 is 48.7 Å². The number of carbonyl (C=O) groups is 7. The van der Waals surface area contributed by atoms with E-state index >= 15 is 0 Å². The first-order valence-electron chi connectivity index (χ1n) is 28.4. The molecule has 19 heteroatoms. The molecule has 2 heterocycles. The quantitative estimate of drug-likeness (QED) is 0.0134. The third kappa shape index (κ3) is 24.3. The van der Waals surface area contributed by atoms with Gasteiger partial charge in [0.2, 0.25) is 35.4 Å². The second-order valence-corrected chi connectivity index (χ2v) is 21.9. The normalized spacial score (nSPS) is 13.8. The first-order chi connectivity index (χ1) is 37.3. The fourth-order valence-electron chi connectivity index (χ4n) is 10.0. The zero-order valence-corrected chi connectivity index (χ0v) is 47.3. The predicted octanol–water partition coefficient (Wildman–Crippen LogP) is 6.34. The van der Waals surface area contributed by atoms with Gasteiger partial charge in [-0.15, -0.1) is 0 Å². The van der Waals surface area contributed by atoms with Crippen LogP contribution in [-0.4, -0.2) is 106 Å². The summed E-state index contributed by atoms with van der Waals surface area (Å²) in [5.74, 6) is -0.948. The van der Waals surface area contributed by atoms with Crippen LogP contribution in [0.1, 0.15) is 162 Å². The minimum atomic E-state index is -0.381. The van der Waals surface area contributed by atoms with Crippen molar-refractivity contribution in [3.05, 3.63) is 72.1 Å². The van der Waals surface area contributed by atoms with Crippen molar-refractivity contribution >= 4 is 69.0 Å². The highest BCUT2D eigenvalue weighted by molar-refractivity contribution is 5.85. The van der Waals surface area contributed by atoms with E-state index < -0.39 is 0 Å². The van der Waals surface area contributed by atoms with Crippen LogP contribution in [0.25, 0.3) is 21.8 Å². The maximum absolute atomic E-state index is 13.8. The summed E-state index contributed by atoms with van der Waals surface area (Å²) in [6.07, 6.45) is 12.0. The average molecular weight is 1080 g/mol. The lowest BCUT2D eigenvalue weighted by molar-refractivity contribution is -0.125. The van der Waals surface area contributed by atoms with Crippen LogP contribution in [0.3, 0.4) is 0 Å². The van der Waals surface area contributed by atoms with Crippen molar-refractivity contribution in [3.8, 4) is 0 Å². The van der Waals surface area contributed by atoms with Gasteiger partial charge in [0.05, 0.1) is 0 Å². The van der Waals surface area contributed by atoms with Crippen LogP contribution in [-0.2, 0) is 46.4 Å². The van der Waals surface area contributed by atoms with Gasteiger partial charge in [0.15, 0.2) is 5.96 Å². The molecule has 4 rings (SSSR count). The fourth-order valence-corrected chi connectivity index (χ4v) is 10.0. The number of guanidine groups is 1. The zero-order valence-electron chi connectivity index (χ0n) is 47.3. The molecule has 0 saturated heterocycles. The standard InChI is InChI=1S/C59H92N12O7/c1-38(2)50(66-41(6)73)25-30-56(76)67-44(14-11-12-32-60)22-27-55(75)70-47(35-43-37-65-53-19-10-8-17-49(43)53)24-29-58(78)71-51(39(3)4)26-31-57(77)68-45(15-13-33-63-59(61)62)23-28-54(74)69-46(21-20-40(5)72)34-42-36-64-52-18-9-7-16-48(42)52/h7-10,16-19,36-39,44-47,50-51,64-65H,11-15,20-35,60H2,1-6H3,(H,66,73)(H,67,76)(H,68,77)(H,69,74)(H,70,75)(H,71,78)(H4,61,62,63)/t44-,45-,46+,47+,50+,51?/m0/s1. The predicted molar refractivity (Wildman–Crippen MR) is 309 cm³/mol. The van der Waals surface area contributed by atoms with Gasteiger partial charge >= 0.3 is 0 Å². The van der Waals surface area contributed by atoms with Gasteiger partial charge in [0, 0.05) is 122 Å². The van der Waals surface area contributed by atoms with Crippen LogP contribution in [0.2, 0.25) is 0 Å². The Bertz CT molecular complexity index is 2540. The molecule has 0 radical (unpaired) electrons. The van der Waals surface area contributed by atoms with Gasteiger partial charge < -0.3 is 63.4 Å². The van der Waals surface area contributed by atoms with E-state index in [1.807, 2.05) is 88.6 Å². The lowest BCUT2D eigenvalue weighted by Gasteiger charge is -2.25. The summed E-state index contributed by atoms with van der Waals surface area (Å²) in [6, 6.07) is 14.2. The number of hydrogen-bond acceptors (Lipinski definition) is 9. The van der Waals surface area contributed by atoms with Crippen molar-refractivity contribution < 1.29 is 33.6 Å². The first kappa shape index (κ1) is 63.8. The second kappa shape index (κ2) is 34.2. The molecule has 0 spiro atoms. The Hall–Kier alpha value is -6.76. The first-order valence-corrected chi connectivity index (χ1v) is 28.4. The van der Waals surface area contributed by atoms with E-state index in [0.717, 1.165) is 45.8 Å². The van der Waals surface area contributed by atoms with E-state index in [-0.39, 0.29) is 127 Å². The van der Waals surface area contributed by atoms with Crippen LogP contribution in [0.15, 0.2) is 60.9 Å². The maximum atomic E-state index is 13.8.